The quantitative estimate of drug-likeness (QED) is 0.154. The van der Waals surface area contributed by atoms with Crippen LogP contribution < -0.4 is 0 Å². The topological polar surface area (TPSA) is 95.6 Å². The molecule has 0 saturated heterocycles. The summed E-state index contributed by atoms with van der Waals surface area (Å²) in [6, 6.07) is 44.6. The van der Waals surface area contributed by atoms with Crippen molar-refractivity contribution in [1.82, 2.24) is 0 Å². The van der Waals surface area contributed by atoms with Gasteiger partial charge in [-0.3, -0.25) is 0 Å². The molecule has 5 rings (SSSR count). The second kappa shape index (κ2) is 12.8. The minimum atomic E-state index is 0.208. The third-order valence-corrected chi connectivity index (χ3v) is 6.17. The molecule has 5 aromatic carbocycles. The molecule has 0 aliphatic heterocycles. The minimum Gasteiger partial charge on any atom is -0.791 e. The van der Waals surface area contributed by atoms with Crippen molar-refractivity contribution in [3.63, 3.8) is 0 Å². The highest BCUT2D eigenvalue weighted by Crippen LogP contribution is 2.30. The molecule has 6 nitrogen and oxygen atoms in total. The molecule has 0 aromatic heterocycles. The van der Waals surface area contributed by atoms with Gasteiger partial charge in [-0.05, 0) is 12.1 Å². The summed E-state index contributed by atoms with van der Waals surface area (Å²) in [5.74, 6) is 0. The number of rotatable bonds is 8. The van der Waals surface area contributed by atoms with Crippen molar-refractivity contribution >= 4 is 34.2 Å². The molecule has 0 aliphatic carbocycles. The maximum atomic E-state index is 12.2. The van der Waals surface area contributed by atoms with Crippen molar-refractivity contribution in [1.29, 1.82) is 0 Å². The Hall–Kier alpha value is -5.62. The molecular weight excluding hydrogens is 496 g/mol. The molecule has 6 heteroatoms. The summed E-state index contributed by atoms with van der Waals surface area (Å²) < 4.78 is 0. The zero-order valence-electron chi connectivity index (χ0n) is 21.5. The molecule has 194 valence electrons. The van der Waals surface area contributed by atoms with Crippen LogP contribution in [0.5, 0.6) is 0 Å². The largest absolute Gasteiger partial charge is 0.791 e. The molecule has 0 atom stereocenters. The van der Waals surface area contributed by atoms with Crippen LogP contribution in [-0.4, -0.2) is 22.8 Å². The second-order valence-electron chi connectivity index (χ2n) is 8.75. The highest BCUT2D eigenvalue weighted by atomic mass is 16.4. The van der Waals surface area contributed by atoms with Crippen LogP contribution in [0.3, 0.4) is 0 Å². The number of benzene rings is 5. The van der Waals surface area contributed by atoms with E-state index < -0.39 is 0 Å². The predicted octanol–water partition coefficient (Wildman–Crippen LogP) is 7.90. The number of hydrogen-bond donors (Lipinski definition) is 0. The van der Waals surface area contributed by atoms with Crippen LogP contribution in [0, 0.1) is 10.4 Å². The lowest BCUT2D eigenvalue weighted by Crippen LogP contribution is -2.17. The van der Waals surface area contributed by atoms with Crippen LogP contribution >= 0.6 is 0 Å². The van der Waals surface area contributed by atoms with Crippen molar-refractivity contribution in [3.8, 4) is 0 Å². The molecular formula is C34H24N4O2-2. The summed E-state index contributed by atoms with van der Waals surface area (Å²) in [6.07, 6.45) is 0. The summed E-state index contributed by atoms with van der Waals surface area (Å²) in [5, 5.41) is 31.2. The Morgan fingerprint density at radius 1 is 0.325 bits per heavy atom. The third-order valence-electron chi connectivity index (χ3n) is 6.17. The first-order valence-corrected chi connectivity index (χ1v) is 12.7. The van der Waals surface area contributed by atoms with E-state index in [1.165, 1.54) is 0 Å². The van der Waals surface area contributed by atoms with Crippen LogP contribution in [0.2, 0.25) is 0 Å². The first-order chi connectivity index (χ1) is 19.8. The number of aliphatic imine (C=N–C) groups is 2. The van der Waals surface area contributed by atoms with Crippen molar-refractivity contribution < 1.29 is 0 Å². The maximum absolute atomic E-state index is 12.2. The van der Waals surface area contributed by atoms with Gasteiger partial charge < -0.3 is 20.7 Å². The molecule has 5 aromatic rings. The van der Waals surface area contributed by atoms with Gasteiger partial charge in [0.2, 0.25) is 0 Å². The Balaban J connectivity index is 1.71. The molecule has 0 fully saturated rings. The van der Waals surface area contributed by atoms with E-state index >= 15 is 0 Å². The standard InChI is InChI=1S/C34H26N4O2/c39-37-33(27-19-9-3-10-20-27)31(25-15-5-1-6-16-25)35-29-23-13-14-24-30(29)36-32(26-17-7-2-8-18-26)34(38-40)28-21-11-4-12-22-28/h1-24,39-40H/p-2/b35-31?,36-32?,37-33+,38-34+. The number of para-hydroxylation sites is 2. The summed E-state index contributed by atoms with van der Waals surface area (Å²) in [7, 11) is 0. The molecule has 0 spiro atoms. The highest BCUT2D eigenvalue weighted by molar-refractivity contribution is 6.55. The van der Waals surface area contributed by atoms with E-state index in [4.69, 9.17) is 9.98 Å². The van der Waals surface area contributed by atoms with Gasteiger partial charge in [0, 0.05) is 22.3 Å². The van der Waals surface area contributed by atoms with Crippen molar-refractivity contribution in [2.45, 2.75) is 0 Å². The van der Waals surface area contributed by atoms with Gasteiger partial charge in [0.25, 0.3) is 0 Å². The average molecular weight is 521 g/mol. The third kappa shape index (κ3) is 5.92. The van der Waals surface area contributed by atoms with Gasteiger partial charge in [0.15, 0.2) is 0 Å². The second-order valence-corrected chi connectivity index (χ2v) is 8.75. The van der Waals surface area contributed by atoms with Gasteiger partial charge in [0.05, 0.1) is 34.2 Å². The van der Waals surface area contributed by atoms with E-state index in [0.717, 1.165) is 11.1 Å². The fraction of sp³-hybridized carbons (Fsp3) is 0. The molecule has 0 N–H and O–H groups in total. The fourth-order valence-electron chi connectivity index (χ4n) is 4.25. The van der Waals surface area contributed by atoms with E-state index in [2.05, 4.69) is 10.3 Å². The van der Waals surface area contributed by atoms with E-state index in [9.17, 15) is 10.4 Å². The lowest BCUT2D eigenvalue weighted by Gasteiger charge is -2.15. The Kier molecular flexibility index (Phi) is 8.29. The van der Waals surface area contributed by atoms with Gasteiger partial charge in [-0.25, -0.2) is 9.98 Å². The zero-order chi connectivity index (χ0) is 27.6. The van der Waals surface area contributed by atoms with Crippen LogP contribution in [-0.2, 0) is 0 Å². The molecule has 0 saturated carbocycles. The summed E-state index contributed by atoms with van der Waals surface area (Å²) in [4.78, 5) is 9.88. The minimum absolute atomic E-state index is 0.208. The van der Waals surface area contributed by atoms with Gasteiger partial charge in [-0.15, -0.1) is 0 Å². The van der Waals surface area contributed by atoms with E-state index in [-0.39, 0.29) is 11.4 Å². The van der Waals surface area contributed by atoms with Gasteiger partial charge in [0.1, 0.15) is 0 Å². The van der Waals surface area contributed by atoms with Crippen LogP contribution in [0.1, 0.15) is 22.3 Å². The van der Waals surface area contributed by atoms with Crippen molar-refractivity contribution in [2.75, 3.05) is 0 Å². The monoisotopic (exact) mass is 520 g/mol. The summed E-state index contributed by atoms with van der Waals surface area (Å²) in [5.41, 5.74) is 5.00. The Morgan fingerprint density at radius 3 is 0.850 bits per heavy atom. The molecule has 0 amide bonds. The maximum Gasteiger partial charge on any atom is 0.0964 e. The Bertz CT molecular complexity index is 1550. The smallest absolute Gasteiger partial charge is 0.0964 e. The van der Waals surface area contributed by atoms with Crippen LogP contribution in [0.25, 0.3) is 0 Å². The fourth-order valence-corrected chi connectivity index (χ4v) is 4.25. The van der Waals surface area contributed by atoms with Crippen molar-refractivity contribution in [3.05, 3.63) is 178 Å². The van der Waals surface area contributed by atoms with Crippen LogP contribution in [0.15, 0.2) is 166 Å². The van der Waals surface area contributed by atoms with E-state index in [1.54, 1.807) is 0 Å². The zero-order valence-corrected chi connectivity index (χ0v) is 21.5. The first-order valence-electron chi connectivity index (χ1n) is 12.7. The Labute approximate surface area is 232 Å². The molecule has 40 heavy (non-hydrogen) atoms. The summed E-state index contributed by atoms with van der Waals surface area (Å²) in [6.45, 7) is 0. The molecule has 0 heterocycles. The highest BCUT2D eigenvalue weighted by Gasteiger charge is 2.17. The first kappa shape index (κ1) is 26.0. The SMILES string of the molecule is [O-]/N=C(/C(=Nc1ccccc1N=C(/C(=N/[O-])c1ccccc1)c1ccccc1)c1ccccc1)c1ccccc1. The van der Waals surface area contributed by atoms with Gasteiger partial charge in [-0.2, -0.15) is 0 Å². The van der Waals surface area contributed by atoms with Crippen LogP contribution in [0.4, 0.5) is 11.4 Å². The lowest BCUT2D eigenvalue weighted by atomic mass is 9.99. The van der Waals surface area contributed by atoms with Gasteiger partial charge >= 0.3 is 0 Å². The summed E-state index contributed by atoms with van der Waals surface area (Å²) >= 11 is 0. The molecule has 0 radical (unpaired) electrons. The van der Waals surface area contributed by atoms with Gasteiger partial charge in [-0.1, -0.05) is 133 Å². The van der Waals surface area contributed by atoms with Crippen molar-refractivity contribution in [2.24, 2.45) is 20.3 Å². The molecule has 0 bridgehead atoms. The number of hydrogen-bond acceptors (Lipinski definition) is 6. The normalized spacial score (nSPS) is 12.8. The lowest BCUT2D eigenvalue weighted by molar-refractivity contribution is 1.43. The molecule has 0 unspecified atom stereocenters. The Morgan fingerprint density at radius 2 is 0.575 bits per heavy atom. The van der Waals surface area contributed by atoms with E-state index in [0.29, 0.717) is 33.9 Å². The molecule has 0 aliphatic rings. The average Bonchev–Trinajstić information content (AvgIpc) is 3.03. The predicted molar refractivity (Wildman–Crippen MR) is 164 cm³/mol. The number of nitrogens with zero attached hydrogens (tertiary/aromatic N) is 4. The van der Waals surface area contributed by atoms with E-state index in [1.807, 2.05) is 146 Å².